The van der Waals surface area contributed by atoms with Crippen molar-refractivity contribution in [3.8, 4) is 17.2 Å². The topological polar surface area (TPSA) is 74.3 Å². The molecular weight excluding hydrogens is 398 g/mol. The number of carbonyl (C=O) groups excluding carboxylic acids is 2. The Morgan fingerprint density at radius 2 is 1.84 bits per heavy atom. The maximum Gasteiger partial charge on any atom is 0.340 e. The van der Waals surface area contributed by atoms with Crippen LogP contribution >= 0.6 is 0 Å². The SMILES string of the molecule is COC(=O)C1=C(C)N(CCc2ccc(OC)cc2)C(=O)/C1=C\c1ccc2c(c1)OCO2. The fourth-order valence-corrected chi connectivity index (χ4v) is 3.70. The molecule has 1 amide bonds. The summed E-state index contributed by atoms with van der Waals surface area (Å²) in [5.74, 6) is 1.27. The smallest absolute Gasteiger partial charge is 0.340 e. The number of benzene rings is 2. The average molecular weight is 421 g/mol. The molecule has 2 aromatic carbocycles. The lowest BCUT2D eigenvalue weighted by atomic mass is 10.0. The molecule has 0 fully saturated rings. The van der Waals surface area contributed by atoms with Crippen LogP contribution in [-0.2, 0) is 20.7 Å². The summed E-state index contributed by atoms with van der Waals surface area (Å²) in [5.41, 5.74) is 2.96. The van der Waals surface area contributed by atoms with Crippen LogP contribution in [0.15, 0.2) is 59.3 Å². The molecule has 0 atom stereocenters. The van der Waals surface area contributed by atoms with Gasteiger partial charge in [-0.3, -0.25) is 4.79 Å². The molecule has 0 saturated carbocycles. The summed E-state index contributed by atoms with van der Waals surface area (Å²) in [5, 5.41) is 0. The molecular formula is C24H23NO6. The predicted octanol–water partition coefficient (Wildman–Crippen LogP) is 3.34. The molecule has 2 aliphatic rings. The Hall–Kier alpha value is -3.74. The Labute approximate surface area is 180 Å². The van der Waals surface area contributed by atoms with Gasteiger partial charge in [0.25, 0.3) is 5.91 Å². The van der Waals surface area contributed by atoms with Crippen molar-refractivity contribution in [2.24, 2.45) is 0 Å². The Kier molecular flexibility index (Phi) is 5.66. The normalized spacial score (nSPS) is 16.3. The molecule has 0 unspecified atom stereocenters. The second kappa shape index (κ2) is 8.55. The lowest BCUT2D eigenvalue weighted by Gasteiger charge is -2.18. The summed E-state index contributed by atoms with van der Waals surface area (Å²) in [4.78, 5) is 27.3. The number of allylic oxidation sites excluding steroid dienone is 1. The molecule has 2 aromatic rings. The van der Waals surface area contributed by atoms with E-state index in [-0.39, 0.29) is 18.3 Å². The van der Waals surface area contributed by atoms with Crippen molar-refractivity contribution in [3.63, 3.8) is 0 Å². The first-order chi connectivity index (χ1) is 15.0. The number of methoxy groups -OCH3 is 2. The van der Waals surface area contributed by atoms with Crippen molar-refractivity contribution in [1.82, 2.24) is 4.90 Å². The largest absolute Gasteiger partial charge is 0.497 e. The molecule has 0 bridgehead atoms. The van der Waals surface area contributed by atoms with E-state index in [0.717, 1.165) is 16.9 Å². The number of hydrogen-bond donors (Lipinski definition) is 0. The van der Waals surface area contributed by atoms with Gasteiger partial charge in [-0.15, -0.1) is 0 Å². The molecule has 2 aliphatic heterocycles. The lowest BCUT2D eigenvalue weighted by Crippen LogP contribution is -2.27. The quantitative estimate of drug-likeness (QED) is 0.526. The van der Waals surface area contributed by atoms with Gasteiger partial charge in [0.2, 0.25) is 6.79 Å². The third-order valence-corrected chi connectivity index (χ3v) is 5.39. The van der Waals surface area contributed by atoms with Gasteiger partial charge in [-0.2, -0.15) is 0 Å². The minimum Gasteiger partial charge on any atom is -0.497 e. The van der Waals surface area contributed by atoms with E-state index in [0.29, 0.717) is 35.7 Å². The molecule has 2 heterocycles. The van der Waals surface area contributed by atoms with Gasteiger partial charge in [0.15, 0.2) is 11.5 Å². The van der Waals surface area contributed by atoms with Crippen LogP contribution in [0, 0.1) is 0 Å². The van der Waals surface area contributed by atoms with Gasteiger partial charge in [-0.05, 0) is 54.8 Å². The Morgan fingerprint density at radius 3 is 2.55 bits per heavy atom. The highest BCUT2D eigenvalue weighted by Gasteiger charge is 2.36. The number of fused-ring (bicyclic) bond motifs is 1. The van der Waals surface area contributed by atoms with Crippen LogP contribution in [0.2, 0.25) is 0 Å². The Balaban J connectivity index is 1.61. The summed E-state index contributed by atoms with van der Waals surface area (Å²) in [7, 11) is 2.93. The zero-order chi connectivity index (χ0) is 22.0. The number of nitrogens with zero attached hydrogens (tertiary/aromatic N) is 1. The van der Waals surface area contributed by atoms with Crippen molar-refractivity contribution >= 4 is 18.0 Å². The number of hydrogen-bond acceptors (Lipinski definition) is 6. The van der Waals surface area contributed by atoms with Gasteiger partial charge < -0.3 is 23.8 Å². The monoisotopic (exact) mass is 421 g/mol. The van der Waals surface area contributed by atoms with Gasteiger partial charge in [-0.1, -0.05) is 18.2 Å². The van der Waals surface area contributed by atoms with Crippen LogP contribution in [0.25, 0.3) is 6.08 Å². The standard InChI is InChI=1S/C24H23NO6/c1-15-22(24(27)29-3)19(12-17-6-9-20-21(13-17)31-14-30-20)23(26)25(15)11-10-16-4-7-18(28-2)8-5-16/h4-9,12-13H,10-11,14H2,1-3H3/b19-12-. The van der Waals surface area contributed by atoms with Gasteiger partial charge in [0.05, 0.1) is 25.4 Å². The van der Waals surface area contributed by atoms with E-state index in [4.69, 9.17) is 18.9 Å². The fourth-order valence-electron chi connectivity index (χ4n) is 3.70. The first kappa shape index (κ1) is 20.5. The predicted molar refractivity (Wildman–Crippen MR) is 114 cm³/mol. The van der Waals surface area contributed by atoms with Gasteiger partial charge in [-0.25, -0.2) is 4.79 Å². The number of amides is 1. The number of rotatable bonds is 6. The first-order valence-corrected chi connectivity index (χ1v) is 9.87. The zero-order valence-electron chi connectivity index (χ0n) is 17.6. The molecule has 31 heavy (non-hydrogen) atoms. The Morgan fingerprint density at radius 1 is 1.10 bits per heavy atom. The molecule has 0 radical (unpaired) electrons. The molecule has 0 aliphatic carbocycles. The van der Waals surface area contributed by atoms with E-state index >= 15 is 0 Å². The minimum absolute atomic E-state index is 0.167. The highest BCUT2D eigenvalue weighted by molar-refractivity contribution is 6.16. The number of esters is 1. The number of carbonyl (C=O) groups is 2. The molecule has 7 heteroatoms. The summed E-state index contributed by atoms with van der Waals surface area (Å²) >= 11 is 0. The van der Waals surface area contributed by atoms with Crippen molar-refractivity contribution in [1.29, 1.82) is 0 Å². The van der Waals surface area contributed by atoms with E-state index in [2.05, 4.69) is 0 Å². The Bertz CT molecular complexity index is 1080. The molecule has 160 valence electrons. The summed E-state index contributed by atoms with van der Waals surface area (Å²) in [6.45, 7) is 2.37. The third kappa shape index (κ3) is 3.99. The second-order valence-electron chi connectivity index (χ2n) is 7.18. The molecule has 0 aromatic heterocycles. The van der Waals surface area contributed by atoms with E-state index in [9.17, 15) is 9.59 Å². The van der Waals surface area contributed by atoms with Crippen LogP contribution in [0.1, 0.15) is 18.1 Å². The van der Waals surface area contributed by atoms with Crippen molar-refractivity contribution in [2.45, 2.75) is 13.3 Å². The van der Waals surface area contributed by atoms with Gasteiger partial charge in [0, 0.05) is 12.2 Å². The summed E-state index contributed by atoms with van der Waals surface area (Å²) < 4.78 is 20.9. The molecule has 7 nitrogen and oxygen atoms in total. The van der Waals surface area contributed by atoms with Crippen LogP contribution in [0.3, 0.4) is 0 Å². The van der Waals surface area contributed by atoms with E-state index in [1.54, 1.807) is 37.1 Å². The average Bonchev–Trinajstić information content (AvgIpc) is 3.34. The van der Waals surface area contributed by atoms with Crippen LogP contribution in [-0.4, -0.2) is 44.3 Å². The van der Waals surface area contributed by atoms with Gasteiger partial charge in [0.1, 0.15) is 5.75 Å². The molecule has 0 N–H and O–H groups in total. The van der Waals surface area contributed by atoms with Crippen LogP contribution < -0.4 is 14.2 Å². The highest BCUT2D eigenvalue weighted by Crippen LogP contribution is 2.36. The highest BCUT2D eigenvalue weighted by atomic mass is 16.7. The minimum atomic E-state index is -0.537. The van der Waals surface area contributed by atoms with Crippen LogP contribution in [0.5, 0.6) is 17.2 Å². The van der Waals surface area contributed by atoms with Crippen molar-refractivity contribution in [2.75, 3.05) is 27.6 Å². The van der Waals surface area contributed by atoms with E-state index < -0.39 is 5.97 Å². The van der Waals surface area contributed by atoms with E-state index in [1.807, 2.05) is 30.3 Å². The second-order valence-corrected chi connectivity index (χ2v) is 7.18. The van der Waals surface area contributed by atoms with Crippen molar-refractivity contribution in [3.05, 3.63) is 70.4 Å². The lowest BCUT2D eigenvalue weighted by molar-refractivity contribution is -0.136. The van der Waals surface area contributed by atoms with E-state index in [1.165, 1.54) is 7.11 Å². The molecule has 0 spiro atoms. The fraction of sp³-hybridized carbons (Fsp3) is 0.250. The van der Waals surface area contributed by atoms with Crippen molar-refractivity contribution < 1.29 is 28.5 Å². The first-order valence-electron chi connectivity index (χ1n) is 9.87. The number of ether oxygens (including phenoxy) is 4. The summed E-state index contributed by atoms with van der Waals surface area (Å²) in [6, 6.07) is 13.1. The maximum absolute atomic E-state index is 13.2. The summed E-state index contributed by atoms with van der Waals surface area (Å²) in [6.07, 6.45) is 2.33. The molecule has 0 saturated heterocycles. The third-order valence-electron chi connectivity index (χ3n) is 5.39. The zero-order valence-corrected chi connectivity index (χ0v) is 17.6. The maximum atomic E-state index is 13.2. The molecule has 4 rings (SSSR count). The van der Waals surface area contributed by atoms with Gasteiger partial charge >= 0.3 is 5.97 Å². The van der Waals surface area contributed by atoms with Crippen LogP contribution in [0.4, 0.5) is 0 Å².